The molecule has 0 bridgehead atoms. The van der Waals surface area contributed by atoms with Crippen molar-refractivity contribution in [3.8, 4) is 0 Å². The van der Waals surface area contributed by atoms with E-state index < -0.39 is 0 Å². The summed E-state index contributed by atoms with van der Waals surface area (Å²) in [6.45, 7) is 6.59. The van der Waals surface area contributed by atoms with Gasteiger partial charge in [-0.1, -0.05) is 49.7 Å². The van der Waals surface area contributed by atoms with Crippen LogP contribution in [0.5, 0.6) is 0 Å². The summed E-state index contributed by atoms with van der Waals surface area (Å²) in [5.74, 6) is 0. The average Bonchev–Trinajstić information content (AvgIpc) is 2.42. The number of anilines is 1. The van der Waals surface area contributed by atoms with E-state index in [4.69, 9.17) is 0 Å². The lowest BCUT2D eigenvalue weighted by atomic mass is 10.0. The van der Waals surface area contributed by atoms with Crippen LogP contribution in [0.25, 0.3) is 0 Å². The lowest BCUT2D eigenvalue weighted by molar-refractivity contribution is 0.873. The SMILES string of the molecule is CCCc1ccc(NC(C)c2ccccc2C)cc1. The van der Waals surface area contributed by atoms with Crippen LogP contribution in [0.2, 0.25) is 0 Å². The van der Waals surface area contributed by atoms with Crippen molar-refractivity contribution < 1.29 is 0 Å². The van der Waals surface area contributed by atoms with Crippen molar-refractivity contribution in [1.82, 2.24) is 0 Å². The van der Waals surface area contributed by atoms with Gasteiger partial charge < -0.3 is 5.32 Å². The molecule has 0 fully saturated rings. The van der Waals surface area contributed by atoms with Gasteiger partial charge in [-0.3, -0.25) is 0 Å². The zero-order chi connectivity index (χ0) is 13.7. The highest BCUT2D eigenvalue weighted by Crippen LogP contribution is 2.22. The zero-order valence-electron chi connectivity index (χ0n) is 12.1. The molecule has 100 valence electrons. The van der Waals surface area contributed by atoms with Crippen molar-refractivity contribution in [3.63, 3.8) is 0 Å². The summed E-state index contributed by atoms with van der Waals surface area (Å²) < 4.78 is 0. The third kappa shape index (κ3) is 3.60. The lowest BCUT2D eigenvalue weighted by Gasteiger charge is -2.18. The van der Waals surface area contributed by atoms with E-state index in [9.17, 15) is 0 Å². The fourth-order valence-electron chi connectivity index (χ4n) is 2.46. The van der Waals surface area contributed by atoms with Crippen LogP contribution in [-0.4, -0.2) is 0 Å². The van der Waals surface area contributed by atoms with Gasteiger partial charge in [0.05, 0.1) is 0 Å². The van der Waals surface area contributed by atoms with Crippen LogP contribution in [0, 0.1) is 6.92 Å². The van der Waals surface area contributed by atoms with E-state index in [2.05, 4.69) is 74.6 Å². The summed E-state index contributed by atoms with van der Waals surface area (Å²) in [5.41, 5.74) is 5.30. The number of rotatable bonds is 5. The maximum absolute atomic E-state index is 3.57. The predicted molar refractivity (Wildman–Crippen MR) is 83.7 cm³/mol. The van der Waals surface area contributed by atoms with E-state index >= 15 is 0 Å². The van der Waals surface area contributed by atoms with Crippen molar-refractivity contribution in [3.05, 3.63) is 65.2 Å². The first-order valence-corrected chi connectivity index (χ1v) is 7.11. The van der Waals surface area contributed by atoms with Crippen molar-refractivity contribution in [2.75, 3.05) is 5.32 Å². The molecule has 2 aromatic carbocycles. The summed E-state index contributed by atoms with van der Waals surface area (Å²) in [5, 5.41) is 3.57. The molecule has 0 aliphatic rings. The van der Waals surface area contributed by atoms with Crippen LogP contribution in [0.15, 0.2) is 48.5 Å². The summed E-state index contributed by atoms with van der Waals surface area (Å²) in [6, 6.07) is 17.7. The van der Waals surface area contributed by atoms with Gasteiger partial charge >= 0.3 is 0 Å². The van der Waals surface area contributed by atoms with Gasteiger partial charge in [-0.2, -0.15) is 0 Å². The Balaban J connectivity index is 2.06. The highest BCUT2D eigenvalue weighted by Gasteiger charge is 2.07. The van der Waals surface area contributed by atoms with Gasteiger partial charge in [0.25, 0.3) is 0 Å². The van der Waals surface area contributed by atoms with E-state index in [1.165, 1.54) is 28.8 Å². The molecule has 0 aromatic heterocycles. The highest BCUT2D eigenvalue weighted by atomic mass is 14.9. The first-order valence-electron chi connectivity index (χ1n) is 7.11. The van der Waals surface area contributed by atoms with Crippen molar-refractivity contribution in [2.45, 2.75) is 39.7 Å². The van der Waals surface area contributed by atoms with Crippen LogP contribution < -0.4 is 5.32 Å². The molecule has 2 rings (SSSR count). The Kier molecular flexibility index (Phi) is 4.62. The Labute approximate surface area is 116 Å². The van der Waals surface area contributed by atoms with Gasteiger partial charge in [0.15, 0.2) is 0 Å². The topological polar surface area (TPSA) is 12.0 Å². The van der Waals surface area contributed by atoms with Crippen LogP contribution >= 0.6 is 0 Å². The number of nitrogens with one attached hydrogen (secondary N) is 1. The van der Waals surface area contributed by atoms with Crippen molar-refractivity contribution in [2.24, 2.45) is 0 Å². The van der Waals surface area contributed by atoms with Crippen LogP contribution in [0.1, 0.15) is 43.0 Å². The number of benzene rings is 2. The number of hydrogen-bond acceptors (Lipinski definition) is 1. The predicted octanol–water partition coefficient (Wildman–Crippen LogP) is 5.12. The maximum atomic E-state index is 3.57. The van der Waals surface area contributed by atoms with Crippen molar-refractivity contribution in [1.29, 1.82) is 0 Å². The third-order valence-electron chi connectivity index (χ3n) is 3.53. The van der Waals surface area contributed by atoms with E-state index in [0.717, 1.165) is 6.42 Å². The minimum absolute atomic E-state index is 0.332. The zero-order valence-corrected chi connectivity index (χ0v) is 12.1. The molecule has 1 N–H and O–H groups in total. The minimum Gasteiger partial charge on any atom is -0.379 e. The summed E-state index contributed by atoms with van der Waals surface area (Å²) in [6.07, 6.45) is 2.36. The molecule has 1 unspecified atom stereocenters. The van der Waals surface area contributed by atoms with Gasteiger partial charge in [0.2, 0.25) is 0 Å². The smallest absolute Gasteiger partial charge is 0.0488 e. The number of aryl methyl sites for hydroxylation is 2. The van der Waals surface area contributed by atoms with Gasteiger partial charge in [-0.25, -0.2) is 0 Å². The molecule has 0 amide bonds. The lowest BCUT2D eigenvalue weighted by Crippen LogP contribution is -2.08. The normalized spacial score (nSPS) is 12.2. The van der Waals surface area contributed by atoms with E-state index in [1.54, 1.807) is 0 Å². The second-order valence-corrected chi connectivity index (χ2v) is 5.17. The quantitative estimate of drug-likeness (QED) is 0.779. The minimum atomic E-state index is 0.332. The van der Waals surface area contributed by atoms with Crippen molar-refractivity contribution >= 4 is 5.69 Å². The molecule has 0 heterocycles. The average molecular weight is 253 g/mol. The molecule has 0 saturated carbocycles. The number of hydrogen-bond donors (Lipinski definition) is 1. The van der Waals surface area contributed by atoms with E-state index in [0.29, 0.717) is 6.04 Å². The van der Waals surface area contributed by atoms with E-state index in [1.807, 2.05) is 0 Å². The molecule has 2 aromatic rings. The Morgan fingerprint density at radius 1 is 1.00 bits per heavy atom. The molecule has 1 nitrogen and oxygen atoms in total. The molecule has 0 radical (unpaired) electrons. The second-order valence-electron chi connectivity index (χ2n) is 5.17. The first kappa shape index (κ1) is 13.7. The summed E-state index contributed by atoms with van der Waals surface area (Å²) >= 11 is 0. The third-order valence-corrected chi connectivity index (χ3v) is 3.53. The molecule has 0 aliphatic heterocycles. The Hall–Kier alpha value is -1.76. The Morgan fingerprint density at radius 2 is 1.68 bits per heavy atom. The molecule has 0 spiro atoms. The van der Waals surface area contributed by atoms with Gasteiger partial charge in [-0.05, 0) is 49.1 Å². The molecule has 19 heavy (non-hydrogen) atoms. The fraction of sp³-hybridized carbons (Fsp3) is 0.333. The van der Waals surface area contributed by atoms with E-state index in [-0.39, 0.29) is 0 Å². The van der Waals surface area contributed by atoms with Gasteiger partial charge in [0.1, 0.15) is 0 Å². The molecule has 0 aliphatic carbocycles. The largest absolute Gasteiger partial charge is 0.379 e. The summed E-state index contributed by atoms with van der Waals surface area (Å²) in [7, 11) is 0. The molecular weight excluding hydrogens is 230 g/mol. The molecule has 1 heteroatoms. The Bertz CT molecular complexity index is 513. The maximum Gasteiger partial charge on any atom is 0.0488 e. The monoisotopic (exact) mass is 253 g/mol. The Morgan fingerprint density at radius 3 is 2.32 bits per heavy atom. The standard InChI is InChI=1S/C18H23N/c1-4-7-16-10-12-17(13-11-16)19-15(3)18-9-6-5-8-14(18)2/h5-6,8-13,15,19H,4,7H2,1-3H3. The molecular formula is C18H23N. The summed E-state index contributed by atoms with van der Waals surface area (Å²) in [4.78, 5) is 0. The van der Waals surface area contributed by atoms with Crippen LogP contribution in [0.3, 0.4) is 0 Å². The van der Waals surface area contributed by atoms with Gasteiger partial charge in [0, 0.05) is 11.7 Å². The fourth-order valence-corrected chi connectivity index (χ4v) is 2.46. The van der Waals surface area contributed by atoms with Crippen LogP contribution in [-0.2, 0) is 6.42 Å². The van der Waals surface area contributed by atoms with Crippen LogP contribution in [0.4, 0.5) is 5.69 Å². The van der Waals surface area contributed by atoms with Gasteiger partial charge in [-0.15, -0.1) is 0 Å². The second kappa shape index (κ2) is 6.42. The first-order chi connectivity index (χ1) is 9.20. The molecule has 0 saturated heterocycles. The highest BCUT2D eigenvalue weighted by molar-refractivity contribution is 5.47. The molecule has 1 atom stereocenters.